The van der Waals surface area contributed by atoms with Crippen LogP contribution in [0.15, 0.2) is 72.9 Å². The Morgan fingerprint density at radius 1 is 1.00 bits per heavy atom. The number of methoxy groups -OCH3 is 2. The minimum Gasteiger partial charge on any atom is -0.496 e. The Balaban J connectivity index is 1.49. The number of amides is 2. The van der Waals surface area contributed by atoms with E-state index in [1.54, 1.807) is 31.2 Å². The molecule has 0 bridgehead atoms. The molecule has 3 aromatic carbocycles. The lowest BCUT2D eigenvalue weighted by Crippen LogP contribution is -2.35. The summed E-state index contributed by atoms with van der Waals surface area (Å²) in [5.41, 5.74) is 1.89. The number of rotatable bonds is 9. The average Bonchev–Trinajstić information content (AvgIpc) is 2.94. The van der Waals surface area contributed by atoms with Crippen molar-refractivity contribution < 1.29 is 28.2 Å². The van der Waals surface area contributed by atoms with Gasteiger partial charge in [-0.1, -0.05) is 30.3 Å². The molecule has 1 heterocycles. The number of thiocarbonyl (C=S) groups is 1. The quantitative estimate of drug-likeness (QED) is 0.194. The van der Waals surface area contributed by atoms with Gasteiger partial charge in [-0.25, -0.2) is 4.39 Å². The summed E-state index contributed by atoms with van der Waals surface area (Å²) in [5.74, 6) is -0.858. The number of hydrogen-bond donors (Lipinski definition) is 3. The maximum atomic E-state index is 15.0. The van der Waals surface area contributed by atoms with E-state index in [1.165, 1.54) is 32.5 Å². The molecule has 4 rings (SSSR count). The number of anilines is 1. The molecule has 11 heteroatoms. The Morgan fingerprint density at radius 2 is 1.77 bits per heavy atom. The van der Waals surface area contributed by atoms with E-state index in [1.807, 2.05) is 30.3 Å². The Morgan fingerprint density at radius 3 is 2.48 bits per heavy atom. The summed E-state index contributed by atoms with van der Waals surface area (Å²) in [6, 6.07) is 18.1. The zero-order valence-corrected chi connectivity index (χ0v) is 22.8. The zero-order chi connectivity index (χ0) is 28.6. The number of carbonyl (C=O) groups excluding carboxylic acids is 2. The fraction of sp³-hybridized carbons (Fsp3) is 0.172. The van der Waals surface area contributed by atoms with Crippen LogP contribution in [0.5, 0.6) is 17.2 Å². The number of fused-ring (bicyclic) bond motifs is 1. The number of hydrogen-bond acceptors (Lipinski definition) is 7. The number of aromatic nitrogens is 1. The summed E-state index contributed by atoms with van der Waals surface area (Å²) in [4.78, 5) is 29.4. The first-order valence-electron chi connectivity index (χ1n) is 12.2. The van der Waals surface area contributed by atoms with Crippen molar-refractivity contribution in [3.8, 4) is 17.2 Å². The Labute approximate surface area is 235 Å². The van der Waals surface area contributed by atoms with E-state index in [0.29, 0.717) is 22.3 Å². The van der Waals surface area contributed by atoms with Gasteiger partial charge in [0.05, 0.1) is 24.6 Å². The first-order valence-corrected chi connectivity index (χ1v) is 12.6. The second-order valence-electron chi connectivity index (χ2n) is 8.64. The van der Waals surface area contributed by atoms with Gasteiger partial charge in [-0.3, -0.25) is 14.6 Å². The molecule has 2 amide bonds. The summed E-state index contributed by atoms with van der Waals surface area (Å²) >= 11 is 5.20. The normalized spacial score (nSPS) is 11.4. The molecule has 0 aliphatic heterocycles. The van der Waals surface area contributed by atoms with Crippen molar-refractivity contribution in [3.63, 3.8) is 0 Å². The highest BCUT2D eigenvalue weighted by Gasteiger charge is 2.19. The lowest BCUT2D eigenvalue weighted by atomic mass is 10.1. The van der Waals surface area contributed by atoms with Crippen LogP contribution in [0.4, 0.5) is 10.1 Å². The van der Waals surface area contributed by atoms with Crippen LogP contribution in [0.2, 0.25) is 0 Å². The van der Waals surface area contributed by atoms with E-state index in [9.17, 15) is 9.59 Å². The molecule has 0 spiro atoms. The van der Waals surface area contributed by atoms with E-state index in [0.717, 1.165) is 5.56 Å². The molecule has 0 saturated heterocycles. The molecule has 0 saturated carbocycles. The van der Waals surface area contributed by atoms with Gasteiger partial charge < -0.3 is 30.2 Å². The molecule has 1 unspecified atom stereocenters. The lowest BCUT2D eigenvalue weighted by molar-refractivity contribution is -0.119. The number of halogens is 1. The molecular formula is C29H27FN4O5S. The molecule has 0 radical (unpaired) electrons. The monoisotopic (exact) mass is 562 g/mol. The van der Waals surface area contributed by atoms with E-state index in [4.69, 9.17) is 26.4 Å². The maximum Gasteiger partial charge on any atom is 0.257 e. The zero-order valence-electron chi connectivity index (χ0n) is 22.0. The number of nitrogens with zero attached hydrogens (tertiary/aromatic N) is 1. The van der Waals surface area contributed by atoms with E-state index in [-0.39, 0.29) is 34.5 Å². The van der Waals surface area contributed by atoms with Crippen LogP contribution in [0.1, 0.15) is 22.8 Å². The van der Waals surface area contributed by atoms with Crippen molar-refractivity contribution in [2.24, 2.45) is 0 Å². The molecule has 1 atom stereocenters. The highest BCUT2D eigenvalue weighted by molar-refractivity contribution is 7.80. The molecule has 4 aromatic rings. The summed E-state index contributed by atoms with van der Waals surface area (Å²) in [7, 11) is 2.92. The van der Waals surface area contributed by atoms with Gasteiger partial charge in [0, 0.05) is 36.5 Å². The third kappa shape index (κ3) is 7.07. The fourth-order valence-electron chi connectivity index (χ4n) is 3.80. The molecule has 0 aliphatic rings. The van der Waals surface area contributed by atoms with Crippen molar-refractivity contribution in [1.29, 1.82) is 0 Å². The molecule has 3 N–H and O–H groups in total. The van der Waals surface area contributed by atoms with Crippen LogP contribution in [0.25, 0.3) is 10.9 Å². The maximum absolute atomic E-state index is 15.0. The number of benzene rings is 3. The molecule has 0 fully saturated rings. The van der Waals surface area contributed by atoms with E-state index in [2.05, 4.69) is 20.9 Å². The molecular weight excluding hydrogens is 535 g/mol. The highest BCUT2D eigenvalue weighted by Crippen LogP contribution is 2.34. The molecule has 206 valence electrons. The van der Waals surface area contributed by atoms with Gasteiger partial charge in [0.15, 0.2) is 16.7 Å². The second kappa shape index (κ2) is 13.0. The Bertz CT molecular complexity index is 1550. The van der Waals surface area contributed by atoms with Gasteiger partial charge in [-0.2, -0.15) is 0 Å². The third-order valence-electron chi connectivity index (χ3n) is 5.83. The van der Waals surface area contributed by atoms with Gasteiger partial charge in [0.25, 0.3) is 5.91 Å². The van der Waals surface area contributed by atoms with Crippen LogP contribution in [0, 0.1) is 5.82 Å². The van der Waals surface area contributed by atoms with Crippen molar-refractivity contribution in [2.75, 3.05) is 19.5 Å². The van der Waals surface area contributed by atoms with Crippen LogP contribution in [-0.4, -0.2) is 42.4 Å². The van der Waals surface area contributed by atoms with Crippen molar-refractivity contribution in [1.82, 2.24) is 15.6 Å². The van der Waals surface area contributed by atoms with Gasteiger partial charge in [-0.05, 0) is 49.0 Å². The van der Waals surface area contributed by atoms with Crippen molar-refractivity contribution in [3.05, 3.63) is 89.9 Å². The van der Waals surface area contributed by atoms with E-state index >= 15 is 4.39 Å². The third-order valence-corrected chi connectivity index (χ3v) is 6.03. The number of ether oxygens (including phenoxy) is 3. The smallest absolute Gasteiger partial charge is 0.257 e. The standard InChI is InChI=1S/C29H27FN4O5S/c1-17(37-2)32-28(36)21-15-20-23(16-26(21)38-3)31-12-11-24(20)39-25-10-9-19(14-22(25)30)33-29(40)34-27(35)13-18-7-5-4-6-8-18/h4-12,14-17H,13H2,1-3H3,(H,32,36)(H2,33,34,35,40). The topological polar surface area (TPSA) is 111 Å². The van der Waals surface area contributed by atoms with Crippen LogP contribution < -0.4 is 25.4 Å². The number of nitrogens with one attached hydrogen (secondary N) is 3. The summed E-state index contributed by atoms with van der Waals surface area (Å²) in [5, 5.41) is 8.59. The minimum atomic E-state index is -0.672. The lowest BCUT2D eigenvalue weighted by Gasteiger charge is -2.16. The summed E-state index contributed by atoms with van der Waals surface area (Å²) in [6.45, 7) is 1.69. The first kappa shape index (κ1) is 28.4. The number of carbonyl (C=O) groups is 2. The Kier molecular flexibility index (Phi) is 9.20. The highest BCUT2D eigenvalue weighted by atomic mass is 32.1. The van der Waals surface area contributed by atoms with Gasteiger partial charge in [-0.15, -0.1) is 0 Å². The predicted molar refractivity (Wildman–Crippen MR) is 153 cm³/mol. The minimum absolute atomic E-state index is 0.0386. The Hall–Kier alpha value is -4.61. The SMILES string of the molecule is COc1cc2nccc(Oc3ccc(NC(=S)NC(=O)Cc4ccccc4)cc3F)c2cc1C(=O)NC(C)OC. The predicted octanol–water partition coefficient (Wildman–Crippen LogP) is 4.95. The largest absolute Gasteiger partial charge is 0.496 e. The summed E-state index contributed by atoms with van der Waals surface area (Å²) in [6.07, 6.45) is 1.14. The second-order valence-corrected chi connectivity index (χ2v) is 9.05. The fourth-order valence-corrected chi connectivity index (χ4v) is 4.03. The van der Waals surface area contributed by atoms with Crippen LogP contribution >= 0.6 is 12.2 Å². The van der Waals surface area contributed by atoms with Crippen molar-refractivity contribution >= 4 is 45.7 Å². The van der Waals surface area contributed by atoms with Gasteiger partial charge in [0.1, 0.15) is 17.7 Å². The molecule has 40 heavy (non-hydrogen) atoms. The van der Waals surface area contributed by atoms with Gasteiger partial charge >= 0.3 is 0 Å². The van der Waals surface area contributed by atoms with Crippen LogP contribution in [0.3, 0.4) is 0 Å². The average molecular weight is 563 g/mol. The number of pyridine rings is 1. The molecule has 0 aliphatic carbocycles. The molecule has 1 aromatic heterocycles. The first-order chi connectivity index (χ1) is 19.3. The van der Waals surface area contributed by atoms with Gasteiger partial charge in [0.2, 0.25) is 5.91 Å². The summed E-state index contributed by atoms with van der Waals surface area (Å²) < 4.78 is 31.4. The van der Waals surface area contributed by atoms with Crippen LogP contribution in [-0.2, 0) is 16.0 Å². The van der Waals surface area contributed by atoms with E-state index < -0.39 is 18.0 Å². The molecule has 9 nitrogen and oxygen atoms in total. The van der Waals surface area contributed by atoms with Crippen molar-refractivity contribution in [2.45, 2.75) is 19.6 Å².